The van der Waals surface area contributed by atoms with E-state index in [2.05, 4.69) is 4.72 Å². The highest BCUT2D eigenvalue weighted by Gasteiger charge is 2.20. The molecule has 16 heavy (non-hydrogen) atoms. The van der Waals surface area contributed by atoms with Crippen molar-refractivity contribution in [2.24, 2.45) is 0 Å². The second kappa shape index (κ2) is 7.21. The Morgan fingerprint density at radius 2 is 1.88 bits per heavy atom. The van der Waals surface area contributed by atoms with Gasteiger partial charge in [-0.2, -0.15) is 0 Å². The van der Waals surface area contributed by atoms with Gasteiger partial charge in [0.05, 0.1) is 25.6 Å². The predicted octanol–water partition coefficient (Wildman–Crippen LogP) is 0.511. The fraction of sp³-hybridized carbons (Fsp3) is 1.00. The third kappa shape index (κ3) is 5.79. The molecule has 0 atom stereocenters. The molecule has 1 saturated carbocycles. The van der Waals surface area contributed by atoms with Crippen LogP contribution in [0.15, 0.2) is 0 Å². The lowest BCUT2D eigenvalue weighted by Crippen LogP contribution is -2.35. The van der Waals surface area contributed by atoms with E-state index in [0.717, 1.165) is 25.7 Å². The Bertz CT molecular complexity index is 273. The van der Waals surface area contributed by atoms with E-state index in [-0.39, 0.29) is 18.4 Å². The molecule has 0 aliphatic heterocycles. The van der Waals surface area contributed by atoms with Gasteiger partial charge in [0.2, 0.25) is 10.0 Å². The molecule has 1 fully saturated rings. The topological polar surface area (TPSA) is 64.6 Å². The van der Waals surface area contributed by atoms with Gasteiger partial charge in [0.25, 0.3) is 0 Å². The summed E-state index contributed by atoms with van der Waals surface area (Å²) in [5.74, 6) is 0.0349. The minimum absolute atomic E-state index is 0.0349. The van der Waals surface area contributed by atoms with E-state index < -0.39 is 10.0 Å². The van der Waals surface area contributed by atoms with E-state index in [4.69, 9.17) is 9.47 Å². The smallest absolute Gasteiger partial charge is 0.214 e. The Balaban J connectivity index is 2.13. The van der Waals surface area contributed by atoms with Crippen molar-refractivity contribution in [3.63, 3.8) is 0 Å². The highest BCUT2D eigenvalue weighted by Crippen LogP contribution is 2.18. The Morgan fingerprint density at radius 3 is 2.50 bits per heavy atom. The van der Waals surface area contributed by atoms with Gasteiger partial charge in [0.1, 0.15) is 0 Å². The van der Waals surface area contributed by atoms with E-state index in [1.54, 1.807) is 7.11 Å². The monoisotopic (exact) mass is 251 g/mol. The fourth-order valence-corrected chi connectivity index (χ4v) is 2.97. The Labute approximate surface area is 97.6 Å². The van der Waals surface area contributed by atoms with E-state index in [9.17, 15) is 8.42 Å². The molecule has 0 unspecified atom stereocenters. The zero-order valence-electron chi connectivity index (χ0n) is 9.78. The van der Waals surface area contributed by atoms with Gasteiger partial charge in [-0.15, -0.1) is 0 Å². The Hall–Kier alpha value is -0.170. The largest absolute Gasteiger partial charge is 0.382 e. The first-order valence-corrected chi connectivity index (χ1v) is 7.36. The summed E-state index contributed by atoms with van der Waals surface area (Å²) >= 11 is 0. The molecule has 0 bridgehead atoms. The molecule has 0 radical (unpaired) electrons. The molecule has 0 aromatic rings. The molecule has 1 N–H and O–H groups in total. The maximum Gasteiger partial charge on any atom is 0.214 e. The Kier molecular flexibility index (Phi) is 6.26. The number of ether oxygens (including phenoxy) is 2. The van der Waals surface area contributed by atoms with Crippen molar-refractivity contribution < 1.29 is 17.9 Å². The van der Waals surface area contributed by atoms with Crippen molar-refractivity contribution in [2.75, 3.05) is 32.7 Å². The number of rotatable bonds is 8. The molecule has 96 valence electrons. The van der Waals surface area contributed by atoms with Crippen LogP contribution in [-0.4, -0.2) is 47.1 Å². The molecule has 0 aromatic heterocycles. The summed E-state index contributed by atoms with van der Waals surface area (Å²) in [5, 5.41) is 0. The summed E-state index contributed by atoms with van der Waals surface area (Å²) < 4.78 is 35.8. The van der Waals surface area contributed by atoms with E-state index in [1.165, 1.54) is 0 Å². The van der Waals surface area contributed by atoms with Crippen molar-refractivity contribution in [1.29, 1.82) is 0 Å². The summed E-state index contributed by atoms with van der Waals surface area (Å²) in [6.45, 7) is 1.16. The van der Waals surface area contributed by atoms with Gasteiger partial charge in [-0.05, 0) is 12.8 Å². The number of hydrogen-bond donors (Lipinski definition) is 1. The predicted molar refractivity (Wildman–Crippen MR) is 61.9 cm³/mol. The molecular formula is C10H21NO4S. The van der Waals surface area contributed by atoms with Crippen LogP contribution in [0.25, 0.3) is 0 Å². The van der Waals surface area contributed by atoms with Crippen LogP contribution in [0.5, 0.6) is 0 Å². The van der Waals surface area contributed by atoms with Gasteiger partial charge >= 0.3 is 0 Å². The molecule has 0 spiro atoms. The first-order chi connectivity index (χ1) is 7.64. The standard InChI is InChI=1S/C10H21NO4S/c1-14-6-7-15-8-9-16(12,13)11-10-4-2-3-5-10/h10-11H,2-9H2,1H3. The molecule has 6 heteroatoms. The quantitative estimate of drug-likeness (QED) is 0.638. The van der Waals surface area contributed by atoms with Crippen molar-refractivity contribution in [1.82, 2.24) is 4.72 Å². The van der Waals surface area contributed by atoms with Crippen LogP contribution < -0.4 is 4.72 Å². The summed E-state index contributed by atoms with van der Waals surface area (Å²) in [5.41, 5.74) is 0. The van der Waals surface area contributed by atoms with Crippen LogP contribution in [-0.2, 0) is 19.5 Å². The lowest BCUT2D eigenvalue weighted by molar-refractivity contribution is 0.0784. The molecule has 1 aliphatic carbocycles. The molecule has 5 nitrogen and oxygen atoms in total. The highest BCUT2D eigenvalue weighted by molar-refractivity contribution is 7.89. The van der Waals surface area contributed by atoms with Gasteiger partial charge in [0.15, 0.2) is 0 Å². The Morgan fingerprint density at radius 1 is 1.19 bits per heavy atom. The normalized spacial score (nSPS) is 18.1. The van der Waals surface area contributed by atoms with Crippen LogP contribution in [0.4, 0.5) is 0 Å². The first-order valence-electron chi connectivity index (χ1n) is 5.71. The van der Waals surface area contributed by atoms with Crippen LogP contribution >= 0.6 is 0 Å². The summed E-state index contributed by atoms with van der Waals surface area (Å²) in [6, 6.07) is 0.143. The van der Waals surface area contributed by atoms with Crippen molar-refractivity contribution in [2.45, 2.75) is 31.7 Å². The van der Waals surface area contributed by atoms with E-state index >= 15 is 0 Å². The lowest BCUT2D eigenvalue weighted by atomic mass is 10.3. The van der Waals surface area contributed by atoms with Gasteiger partial charge in [0, 0.05) is 13.2 Å². The average molecular weight is 251 g/mol. The third-order valence-corrected chi connectivity index (χ3v) is 4.03. The zero-order chi connectivity index (χ0) is 11.9. The SMILES string of the molecule is COCCOCCS(=O)(=O)NC1CCCC1. The van der Waals surface area contributed by atoms with Crippen LogP contribution in [0, 0.1) is 0 Å². The van der Waals surface area contributed by atoms with Gasteiger partial charge < -0.3 is 9.47 Å². The first kappa shape index (κ1) is 13.9. The molecule has 1 rings (SSSR count). The second-order valence-corrected chi connectivity index (χ2v) is 5.90. The molecule has 0 aromatic carbocycles. The molecule has 0 saturated heterocycles. The highest BCUT2D eigenvalue weighted by atomic mass is 32.2. The molecule has 0 amide bonds. The third-order valence-electron chi connectivity index (χ3n) is 2.63. The maximum absolute atomic E-state index is 11.6. The summed E-state index contributed by atoms with van der Waals surface area (Å²) in [4.78, 5) is 0. The van der Waals surface area contributed by atoms with E-state index in [1.807, 2.05) is 0 Å². The maximum atomic E-state index is 11.6. The number of hydrogen-bond acceptors (Lipinski definition) is 4. The molecular weight excluding hydrogens is 230 g/mol. The molecule has 0 heterocycles. The van der Waals surface area contributed by atoms with Crippen molar-refractivity contribution in [3.05, 3.63) is 0 Å². The van der Waals surface area contributed by atoms with Crippen LogP contribution in [0.2, 0.25) is 0 Å². The summed E-state index contributed by atoms with van der Waals surface area (Å²) in [6.07, 6.45) is 4.17. The van der Waals surface area contributed by atoms with Crippen LogP contribution in [0.1, 0.15) is 25.7 Å². The zero-order valence-corrected chi connectivity index (χ0v) is 10.6. The average Bonchev–Trinajstić information content (AvgIpc) is 2.69. The van der Waals surface area contributed by atoms with Gasteiger partial charge in [-0.3, -0.25) is 0 Å². The molecule has 1 aliphatic rings. The van der Waals surface area contributed by atoms with Gasteiger partial charge in [-0.1, -0.05) is 12.8 Å². The lowest BCUT2D eigenvalue weighted by Gasteiger charge is -2.12. The van der Waals surface area contributed by atoms with E-state index in [0.29, 0.717) is 13.2 Å². The minimum Gasteiger partial charge on any atom is -0.382 e. The van der Waals surface area contributed by atoms with Crippen molar-refractivity contribution in [3.8, 4) is 0 Å². The second-order valence-electron chi connectivity index (χ2n) is 4.02. The van der Waals surface area contributed by atoms with Gasteiger partial charge in [-0.25, -0.2) is 13.1 Å². The fourth-order valence-electron chi connectivity index (χ4n) is 1.77. The number of sulfonamides is 1. The number of nitrogens with one attached hydrogen (secondary N) is 1. The minimum atomic E-state index is -3.17. The van der Waals surface area contributed by atoms with Crippen molar-refractivity contribution >= 4 is 10.0 Å². The number of methoxy groups -OCH3 is 1. The van der Waals surface area contributed by atoms with Crippen LogP contribution in [0.3, 0.4) is 0 Å². The summed E-state index contributed by atoms with van der Waals surface area (Å²) in [7, 11) is -1.58.